The Morgan fingerprint density at radius 2 is 1.97 bits per heavy atom. The van der Waals surface area contributed by atoms with E-state index >= 15 is 0 Å². The third kappa shape index (κ3) is 8.41. The first-order chi connectivity index (χ1) is 14.2. The molecule has 9 heteroatoms. The summed E-state index contributed by atoms with van der Waals surface area (Å²) in [6.45, 7) is 8.66. The maximum Gasteiger partial charge on any atom is 0.219 e. The third-order valence-corrected chi connectivity index (χ3v) is 4.42. The van der Waals surface area contributed by atoms with Gasteiger partial charge >= 0.3 is 0 Å². The molecule has 0 amide bonds. The zero-order valence-corrected chi connectivity index (χ0v) is 19.5. The van der Waals surface area contributed by atoms with Crippen molar-refractivity contribution in [2.45, 2.75) is 13.5 Å². The Morgan fingerprint density at radius 3 is 2.70 bits per heavy atom. The van der Waals surface area contributed by atoms with Crippen LogP contribution in [-0.4, -0.2) is 61.8 Å². The summed E-state index contributed by atoms with van der Waals surface area (Å²) in [7, 11) is 0. The molecule has 0 bridgehead atoms. The average molecular weight is 529 g/mol. The molecule has 1 saturated heterocycles. The Bertz CT molecular complexity index is 785. The van der Waals surface area contributed by atoms with Crippen LogP contribution in [-0.2, 0) is 11.3 Å². The van der Waals surface area contributed by atoms with Gasteiger partial charge in [-0.3, -0.25) is 4.90 Å². The minimum absolute atomic E-state index is 0. The normalized spacial score (nSPS) is 14.7. The molecule has 0 atom stereocenters. The van der Waals surface area contributed by atoms with E-state index in [1.165, 1.54) is 12.1 Å². The van der Waals surface area contributed by atoms with Gasteiger partial charge in [-0.05, 0) is 42.8 Å². The van der Waals surface area contributed by atoms with E-state index in [-0.39, 0.29) is 29.8 Å². The second-order valence-corrected chi connectivity index (χ2v) is 6.63. The van der Waals surface area contributed by atoms with Gasteiger partial charge in [0.25, 0.3) is 0 Å². The number of halogens is 2. The summed E-state index contributed by atoms with van der Waals surface area (Å²) in [5.74, 6) is 1.47. The molecule has 7 nitrogen and oxygen atoms in total. The summed E-state index contributed by atoms with van der Waals surface area (Å²) in [5, 5.41) is 6.64. The number of morpholine rings is 1. The van der Waals surface area contributed by atoms with E-state index in [0.29, 0.717) is 18.2 Å². The quantitative estimate of drug-likeness (QED) is 0.312. The molecular formula is C21H29FIN5O2. The van der Waals surface area contributed by atoms with Crippen molar-refractivity contribution in [3.05, 3.63) is 54.0 Å². The molecule has 2 heterocycles. The molecule has 0 spiro atoms. The number of aromatic nitrogens is 1. The highest BCUT2D eigenvalue weighted by atomic mass is 127. The van der Waals surface area contributed by atoms with Gasteiger partial charge in [0.2, 0.25) is 5.88 Å². The van der Waals surface area contributed by atoms with Gasteiger partial charge in [0.05, 0.1) is 19.8 Å². The fraction of sp³-hybridized carbons (Fsp3) is 0.429. The van der Waals surface area contributed by atoms with Crippen molar-refractivity contribution in [3.8, 4) is 11.6 Å². The summed E-state index contributed by atoms with van der Waals surface area (Å²) in [5.41, 5.74) is 0.975. The molecule has 1 aromatic heterocycles. The topological polar surface area (TPSA) is 71.0 Å². The lowest BCUT2D eigenvalue weighted by Gasteiger charge is -2.26. The number of benzene rings is 1. The van der Waals surface area contributed by atoms with Crippen LogP contribution in [0.3, 0.4) is 0 Å². The third-order valence-electron chi connectivity index (χ3n) is 4.42. The van der Waals surface area contributed by atoms with Crippen LogP contribution in [0.2, 0.25) is 0 Å². The lowest BCUT2D eigenvalue weighted by atomic mass is 10.2. The standard InChI is InChI=1S/C21H28FN5O2.HI/c1-2-23-21(25-9-10-27-11-13-28-14-12-27)26-16-17-7-8-24-20(15-17)29-19-5-3-18(22)4-6-19;/h3-8,15H,2,9-14,16H2,1H3,(H2,23,25,26);1H. The first-order valence-electron chi connectivity index (χ1n) is 9.93. The molecule has 0 aliphatic carbocycles. The average Bonchev–Trinajstić information content (AvgIpc) is 2.75. The second-order valence-electron chi connectivity index (χ2n) is 6.63. The number of guanidine groups is 1. The lowest BCUT2D eigenvalue weighted by Crippen LogP contribution is -2.44. The summed E-state index contributed by atoms with van der Waals surface area (Å²) in [6.07, 6.45) is 1.68. The minimum Gasteiger partial charge on any atom is -0.439 e. The maximum absolute atomic E-state index is 13.0. The number of nitrogens with zero attached hydrogens (tertiary/aromatic N) is 3. The minimum atomic E-state index is -0.300. The molecular weight excluding hydrogens is 500 g/mol. The van der Waals surface area contributed by atoms with Crippen LogP contribution in [0.5, 0.6) is 11.6 Å². The molecule has 0 unspecified atom stereocenters. The molecule has 2 aromatic rings. The van der Waals surface area contributed by atoms with Gasteiger partial charge in [0, 0.05) is 45.0 Å². The van der Waals surface area contributed by atoms with Crippen molar-refractivity contribution < 1.29 is 13.9 Å². The second kappa shape index (κ2) is 13.3. The number of aliphatic imine (C=N–C) groups is 1. The molecule has 3 rings (SSSR count). The van der Waals surface area contributed by atoms with Crippen molar-refractivity contribution in [1.82, 2.24) is 20.5 Å². The van der Waals surface area contributed by atoms with E-state index in [2.05, 4.69) is 25.5 Å². The van der Waals surface area contributed by atoms with Gasteiger partial charge in [0.15, 0.2) is 5.96 Å². The fourth-order valence-corrected chi connectivity index (χ4v) is 2.90. The van der Waals surface area contributed by atoms with Crippen LogP contribution in [0.1, 0.15) is 12.5 Å². The zero-order valence-electron chi connectivity index (χ0n) is 17.1. The van der Waals surface area contributed by atoms with E-state index in [4.69, 9.17) is 9.47 Å². The summed E-state index contributed by atoms with van der Waals surface area (Å²) in [6, 6.07) is 9.60. The Labute approximate surface area is 194 Å². The first-order valence-corrected chi connectivity index (χ1v) is 9.93. The zero-order chi connectivity index (χ0) is 20.3. The van der Waals surface area contributed by atoms with Crippen molar-refractivity contribution in [1.29, 1.82) is 0 Å². The van der Waals surface area contributed by atoms with E-state index in [1.807, 2.05) is 19.1 Å². The van der Waals surface area contributed by atoms with Crippen LogP contribution < -0.4 is 15.4 Å². The van der Waals surface area contributed by atoms with Crippen LogP contribution in [0, 0.1) is 5.82 Å². The molecule has 0 saturated carbocycles. The number of rotatable bonds is 8. The maximum atomic E-state index is 13.0. The molecule has 2 N–H and O–H groups in total. The number of pyridine rings is 1. The Balaban J connectivity index is 0.00000320. The first kappa shape index (κ1) is 24.3. The number of hydrogen-bond donors (Lipinski definition) is 2. The van der Waals surface area contributed by atoms with Gasteiger partial charge in [0.1, 0.15) is 11.6 Å². The van der Waals surface area contributed by atoms with Gasteiger partial charge in [-0.2, -0.15) is 0 Å². The molecule has 1 aromatic carbocycles. The predicted molar refractivity (Wildman–Crippen MR) is 126 cm³/mol. The number of hydrogen-bond acceptors (Lipinski definition) is 5. The van der Waals surface area contributed by atoms with Crippen LogP contribution in [0.15, 0.2) is 47.6 Å². The van der Waals surface area contributed by atoms with Gasteiger partial charge in [-0.25, -0.2) is 14.4 Å². The van der Waals surface area contributed by atoms with Gasteiger partial charge < -0.3 is 20.1 Å². The molecule has 30 heavy (non-hydrogen) atoms. The van der Waals surface area contributed by atoms with E-state index in [0.717, 1.165) is 57.5 Å². The smallest absolute Gasteiger partial charge is 0.219 e. The lowest BCUT2D eigenvalue weighted by molar-refractivity contribution is 0.0389. The summed E-state index contributed by atoms with van der Waals surface area (Å²) in [4.78, 5) is 11.2. The molecule has 1 aliphatic rings. The Morgan fingerprint density at radius 1 is 1.20 bits per heavy atom. The molecule has 1 fully saturated rings. The summed E-state index contributed by atoms with van der Waals surface area (Å²) < 4.78 is 24.1. The Hall–Kier alpha value is -1.98. The monoisotopic (exact) mass is 529 g/mol. The van der Waals surface area contributed by atoms with Gasteiger partial charge in [-0.15, -0.1) is 24.0 Å². The van der Waals surface area contributed by atoms with E-state index in [9.17, 15) is 4.39 Å². The predicted octanol–water partition coefficient (Wildman–Crippen LogP) is 3.02. The highest BCUT2D eigenvalue weighted by Crippen LogP contribution is 2.20. The Kier molecular flexibility index (Phi) is 10.8. The highest BCUT2D eigenvalue weighted by molar-refractivity contribution is 14.0. The van der Waals surface area contributed by atoms with E-state index in [1.54, 1.807) is 18.3 Å². The number of ether oxygens (including phenoxy) is 2. The summed E-state index contributed by atoms with van der Waals surface area (Å²) >= 11 is 0. The van der Waals surface area contributed by atoms with E-state index < -0.39 is 0 Å². The van der Waals surface area contributed by atoms with Crippen molar-refractivity contribution in [2.24, 2.45) is 4.99 Å². The highest BCUT2D eigenvalue weighted by Gasteiger charge is 2.09. The molecule has 1 aliphatic heterocycles. The van der Waals surface area contributed by atoms with Crippen LogP contribution >= 0.6 is 24.0 Å². The van der Waals surface area contributed by atoms with Crippen LogP contribution in [0.4, 0.5) is 4.39 Å². The van der Waals surface area contributed by atoms with Crippen molar-refractivity contribution in [3.63, 3.8) is 0 Å². The fourth-order valence-electron chi connectivity index (χ4n) is 2.90. The largest absolute Gasteiger partial charge is 0.439 e. The van der Waals surface area contributed by atoms with Crippen molar-refractivity contribution in [2.75, 3.05) is 45.9 Å². The number of nitrogens with one attached hydrogen (secondary N) is 2. The SMILES string of the molecule is CCNC(=NCc1ccnc(Oc2ccc(F)cc2)c1)NCCN1CCOCC1.I. The van der Waals surface area contributed by atoms with Gasteiger partial charge in [-0.1, -0.05) is 0 Å². The van der Waals surface area contributed by atoms with Crippen LogP contribution in [0.25, 0.3) is 0 Å². The molecule has 0 radical (unpaired) electrons. The van der Waals surface area contributed by atoms with Crippen molar-refractivity contribution >= 4 is 29.9 Å². The molecule has 164 valence electrons.